The largest absolute Gasteiger partial charge is 0.490 e. The molecule has 1 atom stereocenters. The molecule has 1 unspecified atom stereocenters. The van der Waals surface area contributed by atoms with Crippen LogP contribution >= 0.6 is 0 Å². The molecule has 0 aliphatic carbocycles. The van der Waals surface area contributed by atoms with Crippen LogP contribution in [-0.4, -0.2) is 24.4 Å². The normalized spacial score (nSPS) is 18.7. The monoisotopic (exact) mass is 207 g/mol. The summed E-state index contributed by atoms with van der Waals surface area (Å²) in [6, 6.07) is 6.29. The van der Waals surface area contributed by atoms with Crippen molar-refractivity contribution in [3.8, 4) is 5.75 Å². The van der Waals surface area contributed by atoms with Gasteiger partial charge in [0.05, 0.1) is 6.61 Å². The molecule has 1 aliphatic rings. The summed E-state index contributed by atoms with van der Waals surface area (Å²) in [5.74, 6) is 1.02. The highest BCUT2D eigenvalue weighted by Crippen LogP contribution is 2.29. The summed E-state index contributed by atoms with van der Waals surface area (Å²) in [5.41, 5.74) is 2.55. The second-order valence-electron chi connectivity index (χ2n) is 3.98. The Bertz CT molecular complexity index is 338. The molecule has 3 heteroatoms. The summed E-state index contributed by atoms with van der Waals surface area (Å²) in [6.07, 6.45) is 1.31. The molecule has 15 heavy (non-hydrogen) atoms. The minimum atomic E-state index is 0.186. The first-order chi connectivity index (χ1) is 7.29. The van der Waals surface area contributed by atoms with Gasteiger partial charge in [-0.3, -0.25) is 0 Å². The van der Waals surface area contributed by atoms with Crippen molar-refractivity contribution in [3.05, 3.63) is 29.3 Å². The number of benzene rings is 1. The highest BCUT2D eigenvalue weighted by atomic mass is 16.5. The molecule has 1 aromatic carbocycles. The average molecular weight is 207 g/mol. The van der Waals surface area contributed by atoms with Crippen molar-refractivity contribution in [2.45, 2.75) is 26.0 Å². The summed E-state index contributed by atoms with van der Waals surface area (Å²) in [4.78, 5) is 0. The maximum Gasteiger partial charge on any atom is 0.123 e. The molecule has 0 saturated heterocycles. The van der Waals surface area contributed by atoms with Crippen LogP contribution in [-0.2, 0) is 13.0 Å². The molecule has 0 bridgehead atoms. The van der Waals surface area contributed by atoms with Crippen molar-refractivity contribution in [1.29, 1.82) is 0 Å². The van der Waals surface area contributed by atoms with E-state index in [4.69, 9.17) is 9.84 Å². The minimum absolute atomic E-state index is 0.186. The van der Waals surface area contributed by atoms with Crippen LogP contribution in [0.25, 0.3) is 0 Å². The van der Waals surface area contributed by atoms with Crippen molar-refractivity contribution >= 4 is 0 Å². The highest BCUT2D eigenvalue weighted by molar-refractivity contribution is 5.40. The molecule has 82 valence electrons. The van der Waals surface area contributed by atoms with Gasteiger partial charge in [0.15, 0.2) is 0 Å². The number of aliphatic hydroxyl groups is 1. The van der Waals surface area contributed by atoms with Crippen molar-refractivity contribution in [2.75, 3.05) is 13.2 Å². The zero-order valence-corrected chi connectivity index (χ0v) is 8.99. The topological polar surface area (TPSA) is 41.5 Å². The first kappa shape index (κ1) is 10.5. The van der Waals surface area contributed by atoms with Gasteiger partial charge >= 0.3 is 0 Å². The highest BCUT2D eigenvalue weighted by Gasteiger charge is 2.18. The number of fused-ring (bicyclic) bond motifs is 1. The molecule has 0 aromatic heterocycles. The molecular formula is C12H17NO2. The molecule has 0 amide bonds. The standard InChI is InChI=1S/C12H17NO2/c1-9-6-11-7-10(8-13-4-5-14)2-3-12(11)15-9/h2-3,7,9,13-14H,4-6,8H2,1H3. The van der Waals surface area contributed by atoms with E-state index in [1.54, 1.807) is 0 Å². The van der Waals surface area contributed by atoms with Crippen LogP contribution in [0.2, 0.25) is 0 Å². The summed E-state index contributed by atoms with van der Waals surface area (Å²) < 4.78 is 5.63. The Balaban J connectivity index is 2.00. The van der Waals surface area contributed by atoms with Crippen LogP contribution in [0.1, 0.15) is 18.1 Å². The predicted octanol–water partition coefficient (Wildman–Crippen LogP) is 1.09. The zero-order valence-electron chi connectivity index (χ0n) is 8.99. The van der Waals surface area contributed by atoms with Gasteiger partial charge in [0.1, 0.15) is 11.9 Å². The molecule has 3 nitrogen and oxygen atoms in total. The fourth-order valence-electron chi connectivity index (χ4n) is 1.90. The van der Waals surface area contributed by atoms with Gasteiger partial charge in [-0.15, -0.1) is 0 Å². The first-order valence-electron chi connectivity index (χ1n) is 5.39. The molecule has 2 N–H and O–H groups in total. The van der Waals surface area contributed by atoms with Crippen LogP contribution < -0.4 is 10.1 Å². The lowest BCUT2D eigenvalue weighted by molar-refractivity contribution is 0.254. The number of nitrogens with one attached hydrogen (secondary N) is 1. The summed E-state index contributed by atoms with van der Waals surface area (Å²) in [5, 5.41) is 11.8. The Morgan fingerprint density at radius 3 is 3.20 bits per heavy atom. The SMILES string of the molecule is CC1Cc2cc(CNCCO)ccc2O1. The van der Waals surface area contributed by atoms with Gasteiger partial charge in [0, 0.05) is 19.5 Å². The Morgan fingerprint density at radius 1 is 1.53 bits per heavy atom. The third kappa shape index (κ3) is 2.49. The fourth-order valence-corrected chi connectivity index (χ4v) is 1.90. The summed E-state index contributed by atoms with van der Waals surface area (Å²) >= 11 is 0. The summed E-state index contributed by atoms with van der Waals surface area (Å²) in [7, 11) is 0. The maximum absolute atomic E-state index is 8.65. The molecule has 1 heterocycles. The van der Waals surface area contributed by atoms with Crippen LogP contribution in [0.5, 0.6) is 5.75 Å². The zero-order chi connectivity index (χ0) is 10.7. The molecule has 0 radical (unpaired) electrons. The van der Waals surface area contributed by atoms with Gasteiger partial charge in [-0.1, -0.05) is 12.1 Å². The van der Waals surface area contributed by atoms with Gasteiger partial charge in [-0.05, 0) is 24.1 Å². The Hall–Kier alpha value is -1.06. The quantitative estimate of drug-likeness (QED) is 0.726. The number of hydrogen-bond acceptors (Lipinski definition) is 3. The van der Waals surface area contributed by atoms with Crippen molar-refractivity contribution in [2.24, 2.45) is 0 Å². The number of hydrogen-bond donors (Lipinski definition) is 2. The van der Waals surface area contributed by atoms with E-state index in [2.05, 4.69) is 24.4 Å². The van der Waals surface area contributed by atoms with Gasteiger partial charge in [-0.25, -0.2) is 0 Å². The molecule has 2 rings (SSSR count). The van der Waals surface area contributed by atoms with Gasteiger partial charge in [-0.2, -0.15) is 0 Å². The van der Waals surface area contributed by atoms with E-state index in [0.29, 0.717) is 12.6 Å². The smallest absolute Gasteiger partial charge is 0.123 e. The van der Waals surface area contributed by atoms with Crippen LogP contribution in [0.4, 0.5) is 0 Å². The molecule has 1 aliphatic heterocycles. The molecular weight excluding hydrogens is 190 g/mol. The van der Waals surface area contributed by atoms with Gasteiger partial charge in [0.2, 0.25) is 0 Å². The molecule has 0 fully saturated rings. The second kappa shape index (κ2) is 4.64. The van der Waals surface area contributed by atoms with Crippen molar-refractivity contribution in [1.82, 2.24) is 5.32 Å². The number of aliphatic hydroxyl groups excluding tert-OH is 1. The fraction of sp³-hybridized carbons (Fsp3) is 0.500. The van der Waals surface area contributed by atoms with Gasteiger partial charge in [0.25, 0.3) is 0 Å². The van der Waals surface area contributed by atoms with E-state index in [9.17, 15) is 0 Å². The lowest BCUT2D eigenvalue weighted by atomic mass is 10.1. The van der Waals surface area contributed by atoms with E-state index in [-0.39, 0.29) is 6.61 Å². The minimum Gasteiger partial charge on any atom is -0.490 e. The second-order valence-corrected chi connectivity index (χ2v) is 3.98. The van der Waals surface area contributed by atoms with E-state index >= 15 is 0 Å². The first-order valence-corrected chi connectivity index (χ1v) is 5.39. The molecule has 1 aromatic rings. The van der Waals surface area contributed by atoms with Crippen molar-refractivity contribution in [3.63, 3.8) is 0 Å². The summed E-state index contributed by atoms with van der Waals surface area (Å²) in [6.45, 7) is 3.72. The average Bonchev–Trinajstić information content (AvgIpc) is 2.57. The predicted molar refractivity (Wildman–Crippen MR) is 59.0 cm³/mol. The van der Waals surface area contributed by atoms with E-state index < -0.39 is 0 Å². The molecule has 0 spiro atoms. The van der Waals surface area contributed by atoms with E-state index in [1.165, 1.54) is 11.1 Å². The molecule has 0 saturated carbocycles. The van der Waals surface area contributed by atoms with Crippen LogP contribution in [0.15, 0.2) is 18.2 Å². The van der Waals surface area contributed by atoms with Gasteiger partial charge < -0.3 is 15.2 Å². The van der Waals surface area contributed by atoms with Crippen molar-refractivity contribution < 1.29 is 9.84 Å². The third-order valence-corrected chi connectivity index (χ3v) is 2.58. The lowest BCUT2D eigenvalue weighted by Gasteiger charge is -2.05. The van der Waals surface area contributed by atoms with E-state index in [0.717, 1.165) is 18.7 Å². The van der Waals surface area contributed by atoms with E-state index in [1.807, 2.05) is 6.07 Å². The van der Waals surface area contributed by atoms with Crippen LogP contribution in [0.3, 0.4) is 0 Å². The van der Waals surface area contributed by atoms with Crippen LogP contribution in [0, 0.1) is 0 Å². The number of ether oxygens (including phenoxy) is 1. The third-order valence-electron chi connectivity index (χ3n) is 2.58. The lowest BCUT2D eigenvalue weighted by Crippen LogP contribution is -2.17. The Kier molecular flexibility index (Phi) is 3.23. The Morgan fingerprint density at radius 2 is 2.40 bits per heavy atom. The number of rotatable bonds is 4. The maximum atomic E-state index is 8.65. The Labute approximate surface area is 90.1 Å².